The number of hydrogen-bond donors (Lipinski definition) is 3. The van der Waals surface area contributed by atoms with Gasteiger partial charge in [0, 0.05) is 6.42 Å². The number of Topliss-reactive ketones (excluding diaryl/α,β-unsaturated/α-hetero) is 1. The topological polar surface area (TPSA) is 177 Å². The Morgan fingerprint density at radius 2 is 1.43 bits per heavy atom. The molecule has 1 fully saturated rings. The fourth-order valence-electron chi connectivity index (χ4n) is 5.26. The van der Waals surface area contributed by atoms with E-state index in [1.54, 1.807) is 91.0 Å². The van der Waals surface area contributed by atoms with Crippen LogP contribution in [0.4, 0.5) is 0 Å². The number of ketones is 1. The molecule has 13 heteroatoms. The molecule has 0 aliphatic carbocycles. The summed E-state index contributed by atoms with van der Waals surface area (Å²) < 4.78 is 11.3. The first-order valence-electron chi connectivity index (χ1n) is 14.1. The third-order valence-corrected chi connectivity index (χ3v) is 8.97. The number of β-lactam (4-membered cyclic amide) rings is 1. The van der Waals surface area contributed by atoms with Crippen molar-refractivity contribution in [2.75, 3.05) is 6.61 Å². The van der Waals surface area contributed by atoms with E-state index in [0.29, 0.717) is 28.6 Å². The average molecular weight is 645 g/mol. The van der Waals surface area contributed by atoms with Gasteiger partial charge in [-0.3, -0.25) is 24.1 Å². The third-order valence-electron chi connectivity index (χ3n) is 7.44. The molecule has 0 spiro atoms. The number of fused-ring (bicyclic) bond motifs is 1. The lowest BCUT2D eigenvalue weighted by atomic mass is 9.85. The number of nitrogens with one attached hydrogen (secondary N) is 1. The highest BCUT2D eigenvalue weighted by Crippen LogP contribution is 2.50. The SMILES string of the molecule is CCC(=O)C1=C(C(=O)OC(c2ccccc2)c2ccccc2)N2C(=O)C(NC(=O)COc3ccccc3)(C(=O)O)[C@@H]2SC1C(=O)O. The van der Waals surface area contributed by atoms with E-state index >= 15 is 0 Å². The Hall–Kier alpha value is -5.43. The van der Waals surface area contributed by atoms with E-state index in [2.05, 4.69) is 5.32 Å². The number of esters is 1. The Bertz CT molecular complexity index is 1670. The highest BCUT2D eigenvalue weighted by atomic mass is 32.2. The highest BCUT2D eigenvalue weighted by molar-refractivity contribution is 8.01. The Balaban J connectivity index is 1.54. The van der Waals surface area contributed by atoms with Gasteiger partial charge in [-0.25, -0.2) is 9.59 Å². The van der Waals surface area contributed by atoms with Gasteiger partial charge in [-0.05, 0) is 23.3 Å². The number of hydrogen-bond acceptors (Lipinski definition) is 9. The second kappa shape index (κ2) is 13.3. The molecular formula is C33H28N2O10S. The van der Waals surface area contributed by atoms with Crippen molar-refractivity contribution < 1.29 is 48.5 Å². The first-order valence-corrected chi connectivity index (χ1v) is 15.1. The van der Waals surface area contributed by atoms with Crippen LogP contribution < -0.4 is 10.1 Å². The van der Waals surface area contributed by atoms with Gasteiger partial charge in [0.15, 0.2) is 18.5 Å². The van der Waals surface area contributed by atoms with Crippen LogP contribution >= 0.6 is 11.8 Å². The number of carbonyl (C=O) groups is 6. The summed E-state index contributed by atoms with van der Waals surface area (Å²) in [5.74, 6) is -7.22. The fourth-order valence-corrected chi connectivity index (χ4v) is 6.80. The summed E-state index contributed by atoms with van der Waals surface area (Å²) in [6, 6.07) is 25.4. The van der Waals surface area contributed by atoms with Gasteiger partial charge < -0.3 is 25.0 Å². The van der Waals surface area contributed by atoms with Gasteiger partial charge in [-0.2, -0.15) is 0 Å². The Morgan fingerprint density at radius 3 is 1.93 bits per heavy atom. The highest BCUT2D eigenvalue weighted by Gasteiger charge is 2.72. The number of carboxylic acids is 2. The molecule has 2 heterocycles. The van der Waals surface area contributed by atoms with Gasteiger partial charge in [0.2, 0.25) is 5.54 Å². The van der Waals surface area contributed by atoms with E-state index in [1.165, 1.54) is 6.92 Å². The van der Waals surface area contributed by atoms with Crippen molar-refractivity contribution in [1.82, 2.24) is 10.2 Å². The number of para-hydroxylation sites is 1. The van der Waals surface area contributed by atoms with Crippen molar-refractivity contribution in [2.24, 2.45) is 0 Å². The van der Waals surface area contributed by atoms with Gasteiger partial charge in [0.1, 0.15) is 22.1 Å². The first-order chi connectivity index (χ1) is 22.1. The maximum Gasteiger partial charge on any atom is 0.356 e. The minimum absolute atomic E-state index is 0.221. The zero-order chi connectivity index (χ0) is 33.0. The molecule has 2 aliphatic heterocycles. The molecular weight excluding hydrogens is 616 g/mol. The molecule has 2 aliphatic rings. The van der Waals surface area contributed by atoms with Gasteiger partial charge in [-0.15, -0.1) is 11.8 Å². The molecule has 1 saturated heterocycles. The maximum absolute atomic E-state index is 14.1. The molecule has 3 N–H and O–H groups in total. The number of carbonyl (C=O) groups excluding carboxylic acids is 4. The molecule has 5 rings (SSSR count). The quantitative estimate of drug-likeness (QED) is 0.150. The van der Waals surface area contributed by atoms with Crippen LogP contribution in [0.15, 0.2) is 102 Å². The predicted octanol–water partition coefficient (Wildman–Crippen LogP) is 2.94. The van der Waals surface area contributed by atoms with Crippen LogP contribution in [-0.2, 0) is 33.5 Å². The number of aliphatic carboxylic acids is 2. The smallest absolute Gasteiger partial charge is 0.356 e. The number of amides is 2. The number of nitrogens with zero attached hydrogens (tertiary/aromatic N) is 1. The summed E-state index contributed by atoms with van der Waals surface area (Å²) >= 11 is 0.452. The van der Waals surface area contributed by atoms with E-state index in [0.717, 1.165) is 4.90 Å². The first kappa shape index (κ1) is 32.0. The largest absolute Gasteiger partial charge is 0.484 e. The number of thioether (sulfide) groups is 1. The lowest BCUT2D eigenvalue weighted by molar-refractivity contribution is -0.173. The second-order valence-corrected chi connectivity index (χ2v) is 11.5. The Labute approximate surface area is 267 Å². The van der Waals surface area contributed by atoms with E-state index < -0.39 is 75.6 Å². The van der Waals surface area contributed by atoms with Crippen LogP contribution in [0, 0.1) is 0 Å². The number of carboxylic acid groups (broad SMARTS) is 2. The molecule has 0 aromatic heterocycles. The van der Waals surface area contributed by atoms with Gasteiger partial charge in [0.25, 0.3) is 11.8 Å². The maximum atomic E-state index is 14.1. The van der Waals surface area contributed by atoms with Gasteiger partial charge in [-0.1, -0.05) is 85.8 Å². The monoisotopic (exact) mass is 644 g/mol. The van der Waals surface area contributed by atoms with E-state index in [9.17, 15) is 39.0 Å². The minimum Gasteiger partial charge on any atom is -0.484 e. The van der Waals surface area contributed by atoms with Crippen molar-refractivity contribution >= 4 is 47.3 Å². The summed E-state index contributed by atoms with van der Waals surface area (Å²) in [7, 11) is 0. The van der Waals surface area contributed by atoms with Gasteiger partial charge in [0.05, 0.1) is 5.57 Å². The minimum atomic E-state index is -2.67. The summed E-state index contributed by atoms with van der Waals surface area (Å²) in [5, 5.41) is 19.3. The second-order valence-electron chi connectivity index (χ2n) is 10.3. The zero-order valence-electron chi connectivity index (χ0n) is 24.3. The average Bonchev–Trinajstić information content (AvgIpc) is 3.08. The van der Waals surface area contributed by atoms with Crippen LogP contribution in [-0.4, -0.2) is 73.4 Å². The van der Waals surface area contributed by atoms with Crippen molar-refractivity contribution in [2.45, 2.75) is 35.6 Å². The number of rotatable bonds is 12. The van der Waals surface area contributed by atoms with Crippen molar-refractivity contribution in [3.63, 3.8) is 0 Å². The van der Waals surface area contributed by atoms with Crippen molar-refractivity contribution in [1.29, 1.82) is 0 Å². The van der Waals surface area contributed by atoms with E-state index in [1.807, 2.05) is 0 Å². The molecule has 3 aromatic carbocycles. The van der Waals surface area contributed by atoms with E-state index in [4.69, 9.17) is 9.47 Å². The van der Waals surface area contributed by atoms with Gasteiger partial charge >= 0.3 is 17.9 Å². The fraction of sp³-hybridized carbons (Fsp3) is 0.212. The molecule has 0 bridgehead atoms. The van der Waals surface area contributed by atoms with Crippen molar-refractivity contribution in [3.8, 4) is 5.75 Å². The summed E-state index contributed by atoms with van der Waals surface area (Å²) in [6.45, 7) is 0.795. The molecule has 236 valence electrons. The van der Waals surface area contributed by atoms with Crippen LogP contribution in [0.3, 0.4) is 0 Å². The zero-order valence-corrected chi connectivity index (χ0v) is 25.1. The molecule has 12 nitrogen and oxygen atoms in total. The summed E-state index contributed by atoms with van der Waals surface area (Å²) in [4.78, 5) is 79.9. The van der Waals surface area contributed by atoms with Crippen LogP contribution in [0.25, 0.3) is 0 Å². The molecule has 46 heavy (non-hydrogen) atoms. The molecule has 2 unspecified atom stereocenters. The van der Waals surface area contributed by atoms with Crippen LogP contribution in [0.1, 0.15) is 30.6 Å². The number of benzene rings is 3. The Kier molecular flexibility index (Phi) is 9.23. The lowest BCUT2D eigenvalue weighted by Crippen LogP contribution is -2.83. The summed E-state index contributed by atoms with van der Waals surface area (Å²) in [6.07, 6.45) is -1.26. The molecule has 0 saturated carbocycles. The van der Waals surface area contributed by atoms with Crippen LogP contribution in [0.5, 0.6) is 5.75 Å². The van der Waals surface area contributed by atoms with Crippen LogP contribution in [0.2, 0.25) is 0 Å². The predicted molar refractivity (Wildman–Crippen MR) is 163 cm³/mol. The Morgan fingerprint density at radius 1 is 0.891 bits per heavy atom. The normalized spacial score (nSPS) is 20.3. The number of ether oxygens (including phenoxy) is 2. The third kappa shape index (κ3) is 5.84. The molecule has 3 aromatic rings. The molecule has 0 radical (unpaired) electrons. The molecule has 3 atom stereocenters. The molecule has 2 amide bonds. The summed E-state index contributed by atoms with van der Waals surface area (Å²) in [5.41, 5.74) is -2.77. The standard InChI is InChI=1S/C33H28N2O10S/c1-2-22(36)24-25(29(40)45-26(19-12-6-3-7-13-19)20-14-8-4-9-15-20)35-30(41)33(32(42)43,31(35)46-27(24)28(38)39)34-23(37)18-44-21-16-10-5-11-17-21/h3-17,26-27,31H,2,18H2,1H3,(H,34,37)(H,38,39)(H,42,43)/t27?,31-,33?/m0/s1. The lowest BCUT2D eigenvalue weighted by Gasteiger charge is -2.55. The van der Waals surface area contributed by atoms with Crippen molar-refractivity contribution in [3.05, 3.63) is 113 Å². The van der Waals surface area contributed by atoms with E-state index in [-0.39, 0.29) is 6.42 Å².